The molecule has 2 heterocycles. The fourth-order valence-electron chi connectivity index (χ4n) is 1.53. The predicted octanol–water partition coefficient (Wildman–Crippen LogP) is 0.561. The van der Waals surface area contributed by atoms with Crippen LogP contribution in [-0.2, 0) is 13.5 Å². The van der Waals surface area contributed by atoms with Crippen LogP contribution in [0.25, 0.3) is 5.52 Å². The number of pyridine rings is 1. The van der Waals surface area contributed by atoms with Crippen molar-refractivity contribution in [2.24, 2.45) is 7.05 Å². The Kier molecular flexibility index (Phi) is 2.19. The molecule has 0 aliphatic rings. The van der Waals surface area contributed by atoms with Gasteiger partial charge < -0.3 is 0 Å². The molecule has 0 bridgehead atoms. The fraction of sp³-hybridized carbons (Fsp3) is 0.273. The maximum absolute atomic E-state index is 11.7. The van der Waals surface area contributed by atoms with Gasteiger partial charge in [-0.3, -0.25) is 13.8 Å². The Morgan fingerprint density at radius 3 is 2.67 bits per heavy atom. The van der Waals surface area contributed by atoms with E-state index in [0.717, 1.165) is 16.6 Å². The van der Waals surface area contributed by atoms with Crippen molar-refractivity contribution in [2.75, 3.05) is 0 Å². The molecule has 0 amide bonds. The molecule has 15 heavy (non-hydrogen) atoms. The smallest absolute Gasteiger partial charge is 0.269 e. The Balaban J connectivity index is 2.94. The predicted molar refractivity (Wildman–Crippen MR) is 58.3 cm³/mol. The van der Waals surface area contributed by atoms with E-state index in [9.17, 15) is 9.59 Å². The highest BCUT2D eigenvalue weighted by molar-refractivity contribution is 5.46. The summed E-state index contributed by atoms with van der Waals surface area (Å²) in [5.41, 5.74) is 1.14. The van der Waals surface area contributed by atoms with Gasteiger partial charge in [-0.25, -0.2) is 4.79 Å². The van der Waals surface area contributed by atoms with Crippen LogP contribution in [0.3, 0.4) is 0 Å². The first kappa shape index (κ1) is 9.71. The third-order valence-corrected chi connectivity index (χ3v) is 2.54. The van der Waals surface area contributed by atoms with Gasteiger partial charge in [0.05, 0.1) is 5.52 Å². The highest BCUT2D eigenvalue weighted by atomic mass is 16.2. The van der Waals surface area contributed by atoms with Gasteiger partial charge in [-0.1, -0.05) is 13.0 Å². The van der Waals surface area contributed by atoms with Crippen LogP contribution < -0.4 is 11.2 Å². The van der Waals surface area contributed by atoms with Gasteiger partial charge in [-0.15, -0.1) is 0 Å². The quantitative estimate of drug-likeness (QED) is 0.681. The van der Waals surface area contributed by atoms with Crippen LogP contribution in [0.1, 0.15) is 12.5 Å². The molecule has 0 saturated carbocycles. The Labute approximate surface area is 86.4 Å². The number of aryl methyl sites for hydroxylation is 1. The minimum absolute atomic E-state index is 0.274. The summed E-state index contributed by atoms with van der Waals surface area (Å²) < 4.78 is 2.60. The van der Waals surface area contributed by atoms with E-state index in [1.54, 1.807) is 12.3 Å². The van der Waals surface area contributed by atoms with Crippen LogP contribution in [0.4, 0.5) is 0 Å². The van der Waals surface area contributed by atoms with Crippen molar-refractivity contribution in [1.29, 1.82) is 0 Å². The summed E-state index contributed by atoms with van der Waals surface area (Å²) in [6.45, 7) is 2.02. The van der Waals surface area contributed by atoms with Crippen molar-refractivity contribution >= 4 is 5.52 Å². The molecule has 0 aromatic carbocycles. The lowest BCUT2D eigenvalue weighted by Gasteiger charge is -2.04. The molecule has 78 valence electrons. The monoisotopic (exact) mass is 204 g/mol. The number of aromatic nitrogens is 2. The Bertz CT molecular complexity index is 623. The van der Waals surface area contributed by atoms with Gasteiger partial charge in [0, 0.05) is 19.3 Å². The summed E-state index contributed by atoms with van der Waals surface area (Å²) in [5.74, 6) is 0. The van der Waals surface area contributed by atoms with E-state index in [0.29, 0.717) is 5.52 Å². The normalized spacial score (nSPS) is 10.8. The van der Waals surface area contributed by atoms with Gasteiger partial charge in [-0.05, 0) is 18.1 Å². The van der Waals surface area contributed by atoms with Crippen LogP contribution >= 0.6 is 0 Å². The topological polar surface area (TPSA) is 43.5 Å². The molecular formula is C11H12N2O2. The number of hydrogen-bond acceptors (Lipinski definition) is 2. The van der Waals surface area contributed by atoms with E-state index in [-0.39, 0.29) is 11.2 Å². The van der Waals surface area contributed by atoms with Crippen LogP contribution in [-0.4, -0.2) is 8.97 Å². The molecule has 0 spiro atoms. The fourth-order valence-corrected chi connectivity index (χ4v) is 1.53. The first-order valence-electron chi connectivity index (χ1n) is 4.85. The lowest BCUT2D eigenvalue weighted by atomic mass is 10.2. The third-order valence-electron chi connectivity index (χ3n) is 2.54. The molecule has 0 aliphatic heterocycles. The molecule has 0 saturated heterocycles. The third kappa shape index (κ3) is 1.48. The highest BCUT2D eigenvalue weighted by Crippen LogP contribution is 2.02. The average molecular weight is 204 g/mol. The van der Waals surface area contributed by atoms with Gasteiger partial charge in [-0.2, -0.15) is 0 Å². The molecule has 0 aliphatic carbocycles. The first-order chi connectivity index (χ1) is 7.13. The Morgan fingerprint density at radius 2 is 2.00 bits per heavy atom. The van der Waals surface area contributed by atoms with Gasteiger partial charge >= 0.3 is 5.69 Å². The van der Waals surface area contributed by atoms with E-state index in [2.05, 4.69) is 0 Å². The Hall–Kier alpha value is -1.84. The zero-order valence-electron chi connectivity index (χ0n) is 8.73. The molecule has 4 nitrogen and oxygen atoms in total. The summed E-state index contributed by atoms with van der Waals surface area (Å²) >= 11 is 0. The Morgan fingerprint density at radius 1 is 1.27 bits per heavy atom. The molecule has 0 fully saturated rings. The zero-order chi connectivity index (χ0) is 11.0. The molecule has 2 rings (SSSR count). The number of fused-ring (bicyclic) bond motifs is 1. The van der Waals surface area contributed by atoms with E-state index in [1.165, 1.54) is 17.5 Å². The van der Waals surface area contributed by atoms with Crippen molar-refractivity contribution in [2.45, 2.75) is 13.3 Å². The lowest BCUT2D eigenvalue weighted by molar-refractivity contribution is 0.754. The molecule has 0 N–H and O–H groups in total. The van der Waals surface area contributed by atoms with Gasteiger partial charge in [0.2, 0.25) is 0 Å². The van der Waals surface area contributed by atoms with Crippen LogP contribution in [0.2, 0.25) is 0 Å². The van der Waals surface area contributed by atoms with E-state index < -0.39 is 0 Å². The van der Waals surface area contributed by atoms with Crippen LogP contribution in [0.15, 0.2) is 34.0 Å². The van der Waals surface area contributed by atoms with Crippen molar-refractivity contribution < 1.29 is 0 Å². The van der Waals surface area contributed by atoms with Crippen LogP contribution in [0.5, 0.6) is 0 Å². The lowest BCUT2D eigenvalue weighted by Crippen LogP contribution is -2.34. The minimum atomic E-state index is -0.298. The first-order valence-corrected chi connectivity index (χ1v) is 4.85. The van der Waals surface area contributed by atoms with Crippen molar-refractivity contribution in [3.8, 4) is 0 Å². The molecule has 0 unspecified atom stereocenters. The molecular weight excluding hydrogens is 192 g/mol. The molecule has 4 heteroatoms. The maximum atomic E-state index is 11.7. The average Bonchev–Trinajstić information content (AvgIpc) is 2.26. The number of nitrogens with zero attached hydrogens (tertiary/aromatic N) is 2. The maximum Gasteiger partial charge on any atom is 0.335 e. The van der Waals surface area contributed by atoms with E-state index in [4.69, 9.17) is 0 Å². The summed E-state index contributed by atoms with van der Waals surface area (Å²) in [5, 5.41) is 0. The van der Waals surface area contributed by atoms with E-state index in [1.807, 2.05) is 13.0 Å². The summed E-state index contributed by atoms with van der Waals surface area (Å²) in [7, 11) is 1.48. The van der Waals surface area contributed by atoms with Gasteiger partial charge in [0.1, 0.15) is 0 Å². The largest absolute Gasteiger partial charge is 0.335 e. The summed E-state index contributed by atoms with van der Waals surface area (Å²) in [4.78, 5) is 23.1. The van der Waals surface area contributed by atoms with Gasteiger partial charge in [0.25, 0.3) is 5.56 Å². The van der Waals surface area contributed by atoms with Gasteiger partial charge in [0.15, 0.2) is 0 Å². The minimum Gasteiger partial charge on any atom is -0.269 e. The second-order valence-electron chi connectivity index (χ2n) is 3.51. The standard InChI is InChI=1S/C11H12N2O2/c1-3-8-4-5-9-6-10(14)12(2)11(15)13(9)7-8/h4-7H,3H2,1-2H3. The van der Waals surface area contributed by atoms with E-state index >= 15 is 0 Å². The molecule has 0 atom stereocenters. The number of rotatable bonds is 1. The highest BCUT2D eigenvalue weighted by Gasteiger charge is 2.02. The molecule has 2 aromatic heterocycles. The summed E-state index contributed by atoms with van der Waals surface area (Å²) in [6.07, 6.45) is 2.64. The van der Waals surface area contributed by atoms with Crippen molar-refractivity contribution in [1.82, 2.24) is 8.97 Å². The van der Waals surface area contributed by atoms with Crippen LogP contribution in [0, 0.1) is 0 Å². The summed E-state index contributed by atoms with van der Waals surface area (Å²) in [6, 6.07) is 5.18. The van der Waals surface area contributed by atoms with Crippen molar-refractivity contribution in [3.63, 3.8) is 0 Å². The molecule has 0 radical (unpaired) electrons. The zero-order valence-corrected chi connectivity index (χ0v) is 8.73. The molecule has 2 aromatic rings. The number of hydrogen-bond donors (Lipinski definition) is 0. The SMILES string of the molecule is CCc1ccc2cc(=O)n(C)c(=O)n2c1. The van der Waals surface area contributed by atoms with Crippen molar-refractivity contribution in [3.05, 3.63) is 50.8 Å². The second-order valence-corrected chi connectivity index (χ2v) is 3.51. The second kappa shape index (κ2) is 3.38.